The molecule has 1 rings (SSSR count). The molecule has 2 nitrogen and oxygen atoms in total. The highest BCUT2D eigenvalue weighted by atomic mass is 32.2. The minimum Gasteiger partial charge on any atom is -0.219 e. The molecule has 0 aliphatic carbocycles. The van der Waals surface area contributed by atoms with Crippen molar-refractivity contribution in [2.45, 2.75) is 58.8 Å². The van der Waals surface area contributed by atoms with Gasteiger partial charge in [-0.2, -0.15) is 0 Å². The van der Waals surface area contributed by atoms with Crippen molar-refractivity contribution in [3.05, 3.63) is 41.8 Å². The van der Waals surface area contributed by atoms with Gasteiger partial charge in [-0.05, 0) is 42.2 Å². The van der Waals surface area contributed by atoms with Crippen LogP contribution in [0.3, 0.4) is 0 Å². The lowest BCUT2D eigenvalue weighted by Crippen LogP contribution is -2.19. The third-order valence-electron chi connectivity index (χ3n) is 3.66. The molecule has 0 amide bonds. The molecule has 0 aromatic heterocycles. The first kappa shape index (κ1) is 18.0. The molecule has 0 saturated heterocycles. The molecule has 0 heterocycles. The third kappa shape index (κ3) is 5.66. The summed E-state index contributed by atoms with van der Waals surface area (Å²) in [5.41, 5.74) is 0.198. The molecule has 0 aliphatic heterocycles. The second-order valence-electron chi connectivity index (χ2n) is 7.76. The van der Waals surface area contributed by atoms with E-state index in [1.54, 1.807) is 24.3 Å². The van der Waals surface area contributed by atoms with Gasteiger partial charge in [-0.3, -0.25) is 0 Å². The summed E-state index contributed by atoms with van der Waals surface area (Å²) in [6.45, 7) is 14.7. The summed E-state index contributed by atoms with van der Waals surface area (Å²) in [7, 11) is -3.42. The standard InChI is InChI=1S/C18H28O2S/c1-15(14-18(5,6)13-12-17(2,3)4)21(19,20)16-10-8-7-9-11-16/h7-11H,1,12-14H2,2-6H3. The second kappa shape index (κ2) is 6.35. The molecule has 118 valence electrons. The molecule has 0 bridgehead atoms. The van der Waals surface area contributed by atoms with Crippen LogP contribution in [0.4, 0.5) is 0 Å². The number of hydrogen-bond acceptors (Lipinski definition) is 2. The van der Waals surface area contributed by atoms with Crippen LogP contribution in [0.5, 0.6) is 0 Å². The van der Waals surface area contributed by atoms with E-state index >= 15 is 0 Å². The Bertz CT molecular complexity index is 575. The van der Waals surface area contributed by atoms with E-state index in [-0.39, 0.29) is 10.8 Å². The van der Waals surface area contributed by atoms with Crippen LogP contribution in [0.2, 0.25) is 0 Å². The highest BCUT2D eigenvalue weighted by Gasteiger charge is 2.27. The average Bonchev–Trinajstić information content (AvgIpc) is 2.36. The third-order valence-corrected chi connectivity index (χ3v) is 5.46. The van der Waals surface area contributed by atoms with Crippen molar-refractivity contribution >= 4 is 9.84 Å². The molecule has 0 spiro atoms. The highest BCUT2D eigenvalue weighted by Crippen LogP contribution is 2.37. The van der Waals surface area contributed by atoms with E-state index in [1.165, 1.54) is 0 Å². The van der Waals surface area contributed by atoms with Gasteiger partial charge in [-0.15, -0.1) is 0 Å². The Morgan fingerprint density at radius 2 is 1.52 bits per heavy atom. The molecular weight excluding hydrogens is 280 g/mol. The van der Waals surface area contributed by atoms with Crippen LogP contribution in [0.25, 0.3) is 0 Å². The molecule has 0 radical (unpaired) electrons. The molecule has 21 heavy (non-hydrogen) atoms. The van der Waals surface area contributed by atoms with Crippen molar-refractivity contribution in [2.75, 3.05) is 0 Å². The van der Waals surface area contributed by atoms with E-state index < -0.39 is 9.84 Å². The SMILES string of the molecule is C=C(CC(C)(C)CCC(C)(C)C)S(=O)(=O)c1ccccc1. The topological polar surface area (TPSA) is 34.1 Å². The van der Waals surface area contributed by atoms with Crippen molar-refractivity contribution in [1.29, 1.82) is 0 Å². The van der Waals surface area contributed by atoms with Crippen molar-refractivity contribution in [2.24, 2.45) is 10.8 Å². The van der Waals surface area contributed by atoms with Crippen LogP contribution in [-0.4, -0.2) is 8.42 Å². The van der Waals surface area contributed by atoms with Gasteiger partial charge in [0.05, 0.1) is 4.90 Å². The fraction of sp³-hybridized carbons (Fsp3) is 0.556. The first-order valence-electron chi connectivity index (χ1n) is 7.42. The number of sulfone groups is 1. The van der Waals surface area contributed by atoms with Gasteiger partial charge in [-0.1, -0.05) is 59.4 Å². The van der Waals surface area contributed by atoms with Crippen molar-refractivity contribution in [1.82, 2.24) is 0 Å². The van der Waals surface area contributed by atoms with Crippen LogP contribution in [0, 0.1) is 10.8 Å². The summed E-state index contributed by atoms with van der Waals surface area (Å²) in [6, 6.07) is 8.55. The monoisotopic (exact) mass is 308 g/mol. The molecule has 0 unspecified atom stereocenters. The molecule has 3 heteroatoms. The Morgan fingerprint density at radius 3 is 2.00 bits per heavy atom. The number of allylic oxidation sites excluding steroid dienone is 1. The smallest absolute Gasteiger partial charge is 0.202 e. The average molecular weight is 308 g/mol. The van der Waals surface area contributed by atoms with E-state index in [4.69, 9.17) is 0 Å². The second-order valence-corrected chi connectivity index (χ2v) is 9.81. The van der Waals surface area contributed by atoms with Gasteiger partial charge in [0.1, 0.15) is 0 Å². The zero-order chi connectivity index (χ0) is 16.3. The molecule has 1 aromatic carbocycles. The zero-order valence-corrected chi connectivity index (χ0v) is 14.8. The zero-order valence-electron chi connectivity index (χ0n) is 13.9. The van der Waals surface area contributed by atoms with Crippen molar-refractivity contribution < 1.29 is 8.42 Å². The van der Waals surface area contributed by atoms with Gasteiger partial charge in [0, 0.05) is 4.91 Å². The van der Waals surface area contributed by atoms with E-state index in [2.05, 4.69) is 41.2 Å². The summed E-state index contributed by atoms with van der Waals surface area (Å²) in [6.07, 6.45) is 2.55. The van der Waals surface area contributed by atoms with Crippen molar-refractivity contribution in [3.63, 3.8) is 0 Å². The largest absolute Gasteiger partial charge is 0.219 e. The van der Waals surface area contributed by atoms with Crippen LogP contribution in [0.15, 0.2) is 46.7 Å². The summed E-state index contributed by atoms with van der Waals surface area (Å²) in [5, 5.41) is 0. The van der Waals surface area contributed by atoms with Crippen LogP contribution >= 0.6 is 0 Å². The molecule has 0 N–H and O–H groups in total. The summed E-state index contributed by atoms with van der Waals surface area (Å²) in [4.78, 5) is 0.647. The Hall–Kier alpha value is -1.09. The summed E-state index contributed by atoms with van der Waals surface area (Å²) >= 11 is 0. The first-order valence-corrected chi connectivity index (χ1v) is 8.90. The lowest BCUT2D eigenvalue weighted by atomic mass is 9.78. The predicted octanol–water partition coefficient (Wildman–Crippen LogP) is 5.22. The predicted molar refractivity (Wildman–Crippen MR) is 89.9 cm³/mol. The van der Waals surface area contributed by atoms with Gasteiger partial charge >= 0.3 is 0 Å². The fourth-order valence-electron chi connectivity index (χ4n) is 2.20. The Morgan fingerprint density at radius 1 is 1.00 bits per heavy atom. The van der Waals surface area contributed by atoms with Gasteiger partial charge in [0.2, 0.25) is 9.84 Å². The quantitative estimate of drug-likeness (QED) is 0.722. The van der Waals surface area contributed by atoms with Gasteiger partial charge in [0.25, 0.3) is 0 Å². The van der Waals surface area contributed by atoms with Crippen LogP contribution in [0.1, 0.15) is 53.9 Å². The maximum Gasteiger partial charge on any atom is 0.202 e. The summed E-state index contributed by atoms with van der Waals surface area (Å²) in [5.74, 6) is 0. The normalized spacial score (nSPS) is 13.2. The van der Waals surface area contributed by atoms with Crippen LogP contribution < -0.4 is 0 Å². The maximum absolute atomic E-state index is 12.5. The molecule has 0 saturated carbocycles. The van der Waals surface area contributed by atoms with Crippen LogP contribution in [-0.2, 0) is 9.84 Å². The lowest BCUT2D eigenvalue weighted by molar-refractivity contribution is 0.256. The molecule has 0 aliphatic rings. The molecule has 0 fully saturated rings. The molecule has 1 aromatic rings. The van der Waals surface area contributed by atoms with Gasteiger partial charge < -0.3 is 0 Å². The minimum atomic E-state index is -3.42. The lowest BCUT2D eigenvalue weighted by Gasteiger charge is -2.29. The van der Waals surface area contributed by atoms with Crippen molar-refractivity contribution in [3.8, 4) is 0 Å². The van der Waals surface area contributed by atoms with E-state index in [1.807, 2.05) is 6.07 Å². The molecule has 0 atom stereocenters. The van der Waals surface area contributed by atoms with Gasteiger partial charge in [0.15, 0.2) is 0 Å². The molecular formula is C18H28O2S. The van der Waals surface area contributed by atoms with Gasteiger partial charge in [-0.25, -0.2) is 8.42 Å². The number of benzene rings is 1. The number of hydrogen-bond donors (Lipinski definition) is 0. The van der Waals surface area contributed by atoms with E-state index in [9.17, 15) is 8.42 Å². The fourth-order valence-corrected chi connectivity index (χ4v) is 3.63. The Labute approximate surface area is 130 Å². The van der Waals surface area contributed by atoms with E-state index in [0.29, 0.717) is 16.2 Å². The first-order chi connectivity index (χ1) is 9.44. The minimum absolute atomic E-state index is 0.0633. The highest BCUT2D eigenvalue weighted by molar-refractivity contribution is 7.95. The maximum atomic E-state index is 12.5. The van der Waals surface area contributed by atoms with E-state index in [0.717, 1.165) is 12.8 Å². The Kier molecular flexibility index (Phi) is 5.43. The Balaban J connectivity index is 2.81. The summed E-state index contributed by atoms with van der Waals surface area (Å²) < 4.78 is 25.0. The number of rotatable bonds is 6.